The second kappa shape index (κ2) is 5.44. The van der Waals surface area contributed by atoms with E-state index in [1.54, 1.807) is 15.9 Å². The molecule has 7 nitrogen and oxygen atoms in total. The van der Waals surface area contributed by atoms with Gasteiger partial charge in [0.15, 0.2) is 11.5 Å². The van der Waals surface area contributed by atoms with Crippen molar-refractivity contribution in [3.05, 3.63) is 45.3 Å². The van der Waals surface area contributed by atoms with Gasteiger partial charge in [-0.15, -0.1) is 21.5 Å². The summed E-state index contributed by atoms with van der Waals surface area (Å²) < 4.78 is 3.72. The molecule has 26 heavy (non-hydrogen) atoms. The SMILES string of the molecule is Cc1csc([C@H]2C[C@@H]2c2cc(-c3cc(C)c4nnc(C)n4n3)n(C)n2)n1. The van der Waals surface area contributed by atoms with Crippen LogP contribution in [0.2, 0.25) is 0 Å². The van der Waals surface area contributed by atoms with Crippen molar-refractivity contribution >= 4 is 17.0 Å². The predicted octanol–water partition coefficient (Wildman–Crippen LogP) is 3.18. The van der Waals surface area contributed by atoms with Gasteiger partial charge in [-0.1, -0.05) is 0 Å². The minimum atomic E-state index is 0.460. The molecular formula is C18H19N7S. The van der Waals surface area contributed by atoms with Gasteiger partial charge in [0.05, 0.1) is 16.4 Å². The van der Waals surface area contributed by atoms with E-state index in [2.05, 4.69) is 32.7 Å². The third kappa shape index (κ3) is 2.36. The van der Waals surface area contributed by atoms with E-state index in [9.17, 15) is 0 Å². The highest BCUT2D eigenvalue weighted by atomic mass is 32.1. The Hall–Kier alpha value is -2.61. The van der Waals surface area contributed by atoms with Crippen molar-refractivity contribution in [2.45, 2.75) is 39.0 Å². The summed E-state index contributed by atoms with van der Waals surface area (Å²) in [5, 5.41) is 21.2. The Kier molecular flexibility index (Phi) is 3.27. The van der Waals surface area contributed by atoms with E-state index < -0.39 is 0 Å². The molecule has 0 amide bonds. The summed E-state index contributed by atoms with van der Waals surface area (Å²) in [6.45, 7) is 6.00. The van der Waals surface area contributed by atoms with Crippen LogP contribution in [0.1, 0.15) is 46.0 Å². The van der Waals surface area contributed by atoms with Gasteiger partial charge in [-0.05, 0) is 44.9 Å². The number of fused-ring (bicyclic) bond motifs is 1. The van der Waals surface area contributed by atoms with E-state index in [4.69, 9.17) is 10.2 Å². The standard InChI is InChI=1S/C18H19N7S/c1-9-5-15(23-25-11(3)20-21-17(9)25)16-7-14(22-24(16)4)12-6-13(12)18-19-10(2)8-26-18/h5,7-8,12-13H,6H2,1-4H3/t12-,13-/m0/s1. The van der Waals surface area contributed by atoms with Crippen molar-refractivity contribution in [1.82, 2.24) is 34.6 Å². The third-order valence-corrected chi connectivity index (χ3v) is 6.09. The number of hydrogen-bond acceptors (Lipinski definition) is 6. The molecule has 1 aliphatic carbocycles. The Morgan fingerprint density at radius 3 is 2.69 bits per heavy atom. The zero-order chi connectivity index (χ0) is 18.0. The fraction of sp³-hybridized carbons (Fsp3) is 0.389. The minimum absolute atomic E-state index is 0.460. The molecule has 132 valence electrons. The first kappa shape index (κ1) is 15.6. The number of nitrogens with zero attached hydrogens (tertiary/aromatic N) is 7. The maximum absolute atomic E-state index is 4.76. The molecule has 1 saturated carbocycles. The first-order chi connectivity index (χ1) is 12.5. The first-order valence-corrected chi connectivity index (χ1v) is 9.55. The van der Waals surface area contributed by atoms with Crippen molar-refractivity contribution in [3.8, 4) is 11.4 Å². The van der Waals surface area contributed by atoms with Crippen LogP contribution in [0.15, 0.2) is 17.5 Å². The molecule has 2 atom stereocenters. The molecule has 0 N–H and O–H groups in total. The van der Waals surface area contributed by atoms with Crippen LogP contribution in [-0.2, 0) is 7.05 Å². The summed E-state index contributed by atoms with van der Waals surface area (Å²) >= 11 is 1.76. The average Bonchev–Trinajstić information content (AvgIpc) is 2.91. The highest BCUT2D eigenvalue weighted by Gasteiger charge is 2.43. The van der Waals surface area contributed by atoms with Gasteiger partial charge in [0.2, 0.25) is 0 Å². The Balaban J connectivity index is 1.51. The smallest absolute Gasteiger partial charge is 0.180 e. The Morgan fingerprint density at radius 1 is 1.08 bits per heavy atom. The fourth-order valence-corrected chi connectivity index (χ4v) is 4.48. The molecule has 0 aliphatic heterocycles. The van der Waals surface area contributed by atoms with Gasteiger partial charge in [-0.3, -0.25) is 4.68 Å². The lowest BCUT2D eigenvalue weighted by Gasteiger charge is -2.04. The quantitative estimate of drug-likeness (QED) is 0.557. The fourth-order valence-electron chi connectivity index (χ4n) is 3.50. The van der Waals surface area contributed by atoms with Gasteiger partial charge >= 0.3 is 0 Å². The van der Waals surface area contributed by atoms with E-state index in [1.807, 2.05) is 32.5 Å². The van der Waals surface area contributed by atoms with E-state index >= 15 is 0 Å². The van der Waals surface area contributed by atoms with E-state index in [-0.39, 0.29) is 0 Å². The molecular weight excluding hydrogens is 346 g/mol. The van der Waals surface area contributed by atoms with Crippen LogP contribution in [-0.4, -0.2) is 34.6 Å². The number of aryl methyl sites for hydroxylation is 4. The van der Waals surface area contributed by atoms with Gasteiger partial charge in [-0.2, -0.15) is 14.7 Å². The third-order valence-electron chi connectivity index (χ3n) is 5.00. The molecule has 4 heterocycles. The van der Waals surface area contributed by atoms with Crippen LogP contribution in [0.25, 0.3) is 17.0 Å². The maximum atomic E-state index is 4.76. The van der Waals surface area contributed by atoms with Crippen molar-refractivity contribution < 1.29 is 0 Å². The minimum Gasteiger partial charge on any atom is -0.266 e. The second-order valence-electron chi connectivity index (χ2n) is 7.05. The molecule has 4 aromatic rings. The van der Waals surface area contributed by atoms with Gasteiger partial charge in [0.25, 0.3) is 0 Å². The number of aromatic nitrogens is 7. The van der Waals surface area contributed by atoms with Crippen molar-refractivity contribution in [2.24, 2.45) is 7.05 Å². The lowest BCUT2D eigenvalue weighted by atomic mass is 10.2. The van der Waals surface area contributed by atoms with Gasteiger partial charge < -0.3 is 0 Å². The second-order valence-corrected chi connectivity index (χ2v) is 7.94. The first-order valence-electron chi connectivity index (χ1n) is 8.67. The summed E-state index contributed by atoms with van der Waals surface area (Å²) in [5.74, 6) is 1.75. The monoisotopic (exact) mass is 365 g/mol. The Labute approximate surface area is 154 Å². The largest absolute Gasteiger partial charge is 0.266 e. The number of rotatable bonds is 3. The van der Waals surface area contributed by atoms with Crippen LogP contribution in [0, 0.1) is 20.8 Å². The summed E-state index contributed by atoms with van der Waals surface area (Å²) in [4.78, 5) is 4.64. The van der Waals surface area contributed by atoms with E-state index in [0.717, 1.165) is 46.2 Å². The van der Waals surface area contributed by atoms with Crippen LogP contribution in [0.3, 0.4) is 0 Å². The van der Waals surface area contributed by atoms with Crippen LogP contribution >= 0.6 is 11.3 Å². The topological polar surface area (TPSA) is 73.8 Å². The van der Waals surface area contributed by atoms with E-state index in [0.29, 0.717) is 11.8 Å². The van der Waals surface area contributed by atoms with Crippen molar-refractivity contribution in [1.29, 1.82) is 0 Å². The molecule has 0 unspecified atom stereocenters. The van der Waals surface area contributed by atoms with Crippen molar-refractivity contribution in [3.63, 3.8) is 0 Å². The molecule has 1 aliphatic rings. The van der Waals surface area contributed by atoms with Gasteiger partial charge in [-0.25, -0.2) is 4.98 Å². The number of hydrogen-bond donors (Lipinski definition) is 0. The van der Waals surface area contributed by atoms with Crippen LogP contribution < -0.4 is 0 Å². The maximum Gasteiger partial charge on any atom is 0.180 e. The Bertz CT molecular complexity index is 1140. The highest BCUT2D eigenvalue weighted by molar-refractivity contribution is 7.09. The van der Waals surface area contributed by atoms with Crippen LogP contribution in [0.4, 0.5) is 0 Å². The molecule has 1 fully saturated rings. The predicted molar refractivity (Wildman–Crippen MR) is 99.4 cm³/mol. The highest BCUT2D eigenvalue weighted by Crippen LogP contribution is 2.55. The average molecular weight is 365 g/mol. The molecule has 0 aromatic carbocycles. The summed E-state index contributed by atoms with van der Waals surface area (Å²) in [6.07, 6.45) is 1.12. The normalized spacial score (nSPS) is 19.4. The molecule has 0 bridgehead atoms. The molecule has 0 saturated heterocycles. The summed E-state index contributed by atoms with van der Waals surface area (Å²) in [5.41, 5.74) is 5.99. The molecule has 4 aromatic heterocycles. The molecule has 0 spiro atoms. The van der Waals surface area contributed by atoms with E-state index in [1.165, 1.54) is 5.01 Å². The molecule has 5 rings (SSSR count). The molecule has 8 heteroatoms. The van der Waals surface area contributed by atoms with Crippen LogP contribution in [0.5, 0.6) is 0 Å². The number of thiazole rings is 1. The lowest BCUT2D eigenvalue weighted by Crippen LogP contribution is -2.02. The Morgan fingerprint density at radius 2 is 1.92 bits per heavy atom. The van der Waals surface area contributed by atoms with Gasteiger partial charge in [0.1, 0.15) is 5.69 Å². The van der Waals surface area contributed by atoms with Gasteiger partial charge in [0, 0.05) is 30.0 Å². The summed E-state index contributed by atoms with van der Waals surface area (Å²) in [6, 6.07) is 4.22. The molecule has 0 radical (unpaired) electrons. The van der Waals surface area contributed by atoms with Crippen molar-refractivity contribution in [2.75, 3.05) is 0 Å². The zero-order valence-corrected chi connectivity index (χ0v) is 15.9. The zero-order valence-electron chi connectivity index (χ0n) is 15.1. The summed E-state index contributed by atoms with van der Waals surface area (Å²) in [7, 11) is 1.98. The lowest BCUT2D eigenvalue weighted by molar-refractivity contribution is 0.741.